The van der Waals surface area contributed by atoms with Crippen molar-refractivity contribution in [2.45, 2.75) is 32.9 Å². The first-order valence-electron chi connectivity index (χ1n) is 6.08. The van der Waals surface area contributed by atoms with Crippen LogP contribution >= 0.6 is 11.3 Å². The van der Waals surface area contributed by atoms with Crippen LogP contribution < -0.4 is 5.32 Å². The van der Waals surface area contributed by atoms with Crippen LogP contribution in [0.4, 0.5) is 0 Å². The summed E-state index contributed by atoms with van der Waals surface area (Å²) in [7, 11) is 1.97. The van der Waals surface area contributed by atoms with Crippen LogP contribution in [0.5, 0.6) is 0 Å². The molecule has 3 nitrogen and oxygen atoms in total. The number of likely N-dealkylation sites (tertiary alicyclic amines) is 1. The van der Waals surface area contributed by atoms with Crippen molar-refractivity contribution >= 4 is 11.3 Å². The Kier molecular flexibility index (Phi) is 4.32. The summed E-state index contributed by atoms with van der Waals surface area (Å²) in [4.78, 5) is 7.17. The molecule has 1 aliphatic heterocycles. The fraction of sp³-hybridized carbons (Fsp3) is 0.750. The Balaban J connectivity index is 1.87. The van der Waals surface area contributed by atoms with E-state index in [-0.39, 0.29) is 0 Å². The van der Waals surface area contributed by atoms with Gasteiger partial charge in [0, 0.05) is 25.0 Å². The second-order valence-corrected chi connectivity index (χ2v) is 5.69. The quantitative estimate of drug-likeness (QED) is 0.872. The summed E-state index contributed by atoms with van der Waals surface area (Å²) < 4.78 is 0. The second kappa shape index (κ2) is 5.75. The first kappa shape index (κ1) is 12.0. The highest BCUT2D eigenvalue weighted by Crippen LogP contribution is 2.18. The molecule has 1 N–H and O–H groups in total. The predicted molar refractivity (Wildman–Crippen MR) is 68.6 cm³/mol. The lowest BCUT2D eigenvalue weighted by Crippen LogP contribution is -2.33. The van der Waals surface area contributed by atoms with Crippen molar-refractivity contribution in [3.05, 3.63) is 16.1 Å². The zero-order chi connectivity index (χ0) is 11.4. The molecule has 0 spiro atoms. The lowest BCUT2D eigenvalue weighted by Gasteiger charge is -2.30. The van der Waals surface area contributed by atoms with E-state index in [2.05, 4.69) is 27.5 Å². The monoisotopic (exact) mass is 239 g/mol. The summed E-state index contributed by atoms with van der Waals surface area (Å²) in [5.41, 5.74) is 1.24. The third-order valence-corrected chi connectivity index (χ3v) is 3.95. The highest BCUT2D eigenvalue weighted by Gasteiger charge is 2.17. The zero-order valence-corrected chi connectivity index (χ0v) is 11.0. The van der Waals surface area contributed by atoms with Gasteiger partial charge in [-0.15, -0.1) is 11.3 Å². The fourth-order valence-corrected chi connectivity index (χ4v) is 3.11. The zero-order valence-electron chi connectivity index (χ0n) is 10.2. The molecule has 16 heavy (non-hydrogen) atoms. The highest BCUT2D eigenvalue weighted by atomic mass is 32.1. The topological polar surface area (TPSA) is 28.2 Å². The number of hydrogen-bond acceptors (Lipinski definition) is 4. The van der Waals surface area contributed by atoms with Crippen LogP contribution in [0.2, 0.25) is 0 Å². The molecule has 2 rings (SSSR count). The summed E-state index contributed by atoms with van der Waals surface area (Å²) in [5, 5.41) is 6.54. The van der Waals surface area contributed by atoms with Crippen molar-refractivity contribution < 1.29 is 0 Å². The molecule has 90 valence electrons. The van der Waals surface area contributed by atoms with Crippen molar-refractivity contribution in [2.75, 3.05) is 20.1 Å². The number of piperidine rings is 1. The SMILES string of the molecule is CNCc1nc(CN2CCCC(C)C2)cs1. The maximum atomic E-state index is 4.63. The third kappa shape index (κ3) is 3.27. The normalized spacial score (nSPS) is 22.5. The van der Waals surface area contributed by atoms with Crippen molar-refractivity contribution in [2.24, 2.45) is 5.92 Å². The fourth-order valence-electron chi connectivity index (χ4n) is 2.31. The Hall–Kier alpha value is -0.450. The van der Waals surface area contributed by atoms with E-state index in [0.29, 0.717) is 0 Å². The van der Waals surface area contributed by atoms with Gasteiger partial charge in [-0.2, -0.15) is 0 Å². The minimum atomic E-state index is 0.851. The summed E-state index contributed by atoms with van der Waals surface area (Å²) in [5.74, 6) is 0.851. The van der Waals surface area contributed by atoms with E-state index in [0.717, 1.165) is 19.0 Å². The van der Waals surface area contributed by atoms with E-state index in [9.17, 15) is 0 Å². The Morgan fingerprint density at radius 1 is 1.62 bits per heavy atom. The van der Waals surface area contributed by atoms with Crippen molar-refractivity contribution in [3.8, 4) is 0 Å². The van der Waals surface area contributed by atoms with E-state index in [4.69, 9.17) is 0 Å². The van der Waals surface area contributed by atoms with Crippen LogP contribution in [0, 0.1) is 5.92 Å². The minimum Gasteiger partial charge on any atom is -0.314 e. The molecule has 0 amide bonds. The van der Waals surface area contributed by atoms with Gasteiger partial charge in [-0.25, -0.2) is 4.98 Å². The molecule has 1 saturated heterocycles. The van der Waals surface area contributed by atoms with Gasteiger partial charge in [0.25, 0.3) is 0 Å². The third-order valence-electron chi connectivity index (χ3n) is 3.05. The van der Waals surface area contributed by atoms with E-state index in [1.165, 1.54) is 36.6 Å². The van der Waals surface area contributed by atoms with Gasteiger partial charge < -0.3 is 5.32 Å². The smallest absolute Gasteiger partial charge is 0.107 e. The van der Waals surface area contributed by atoms with Gasteiger partial charge in [0.05, 0.1) is 5.69 Å². The largest absolute Gasteiger partial charge is 0.314 e. The molecule has 0 bridgehead atoms. The summed E-state index contributed by atoms with van der Waals surface area (Å²) in [6.45, 7) is 6.74. The van der Waals surface area contributed by atoms with Gasteiger partial charge in [0.15, 0.2) is 0 Å². The van der Waals surface area contributed by atoms with E-state index >= 15 is 0 Å². The first-order valence-corrected chi connectivity index (χ1v) is 6.96. The number of rotatable bonds is 4. The number of nitrogens with zero attached hydrogens (tertiary/aromatic N) is 2. The highest BCUT2D eigenvalue weighted by molar-refractivity contribution is 7.09. The standard InChI is InChI=1S/C12H21N3S/c1-10-4-3-5-15(7-10)8-11-9-16-12(14-11)6-13-2/h9-10,13H,3-8H2,1-2H3. The lowest BCUT2D eigenvalue weighted by molar-refractivity contribution is 0.175. The second-order valence-electron chi connectivity index (χ2n) is 4.75. The van der Waals surface area contributed by atoms with Crippen LogP contribution in [0.15, 0.2) is 5.38 Å². The molecule has 0 aromatic carbocycles. The molecule has 2 heterocycles. The van der Waals surface area contributed by atoms with Gasteiger partial charge in [-0.05, 0) is 32.4 Å². The Labute approximate surface area is 102 Å². The van der Waals surface area contributed by atoms with Crippen molar-refractivity contribution in [1.82, 2.24) is 15.2 Å². The van der Waals surface area contributed by atoms with Crippen LogP contribution in [-0.4, -0.2) is 30.0 Å². The number of nitrogens with one attached hydrogen (secondary N) is 1. The van der Waals surface area contributed by atoms with Gasteiger partial charge in [-0.3, -0.25) is 4.90 Å². The molecule has 4 heteroatoms. The van der Waals surface area contributed by atoms with E-state index < -0.39 is 0 Å². The van der Waals surface area contributed by atoms with Gasteiger partial charge in [0.2, 0.25) is 0 Å². The predicted octanol–water partition coefficient (Wildman–Crippen LogP) is 2.09. The molecule has 0 aliphatic carbocycles. The number of aromatic nitrogens is 1. The average molecular weight is 239 g/mol. The number of thiazole rings is 1. The lowest BCUT2D eigenvalue weighted by atomic mass is 10.0. The summed E-state index contributed by atoms with van der Waals surface area (Å²) >= 11 is 1.76. The molecule has 0 saturated carbocycles. The maximum Gasteiger partial charge on any atom is 0.107 e. The van der Waals surface area contributed by atoms with Crippen LogP contribution in [0.1, 0.15) is 30.5 Å². The van der Waals surface area contributed by atoms with E-state index in [1.807, 2.05) is 7.05 Å². The molecule has 1 aromatic heterocycles. The molecule has 1 atom stereocenters. The van der Waals surface area contributed by atoms with Gasteiger partial charge >= 0.3 is 0 Å². The molecular weight excluding hydrogens is 218 g/mol. The molecule has 1 aromatic rings. The van der Waals surface area contributed by atoms with Crippen LogP contribution in [0.3, 0.4) is 0 Å². The Bertz CT molecular complexity index is 324. The molecule has 1 fully saturated rings. The van der Waals surface area contributed by atoms with Gasteiger partial charge in [-0.1, -0.05) is 6.92 Å². The van der Waals surface area contributed by atoms with Crippen LogP contribution in [0.25, 0.3) is 0 Å². The minimum absolute atomic E-state index is 0.851. The van der Waals surface area contributed by atoms with Crippen molar-refractivity contribution in [1.29, 1.82) is 0 Å². The van der Waals surface area contributed by atoms with Gasteiger partial charge in [0.1, 0.15) is 5.01 Å². The Morgan fingerprint density at radius 2 is 2.50 bits per heavy atom. The molecule has 1 unspecified atom stereocenters. The average Bonchev–Trinajstić information content (AvgIpc) is 2.66. The molecule has 0 radical (unpaired) electrons. The van der Waals surface area contributed by atoms with Crippen LogP contribution in [-0.2, 0) is 13.1 Å². The molecule has 1 aliphatic rings. The van der Waals surface area contributed by atoms with E-state index in [1.54, 1.807) is 11.3 Å². The summed E-state index contributed by atoms with van der Waals surface area (Å²) in [6, 6.07) is 0. The number of hydrogen-bond donors (Lipinski definition) is 1. The maximum absolute atomic E-state index is 4.63. The van der Waals surface area contributed by atoms with Crippen molar-refractivity contribution in [3.63, 3.8) is 0 Å². The summed E-state index contributed by atoms with van der Waals surface area (Å²) in [6.07, 6.45) is 2.73. The molecular formula is C12H21N3S. The first-order chi connectivity index (χ1) is 7.78. The Morgan fingerprint density at radius 3 is 3.25 bits per heavy atom.